The fourth-order valence-corrected chi connectivity index (χ4v) is 5.67. The minimum absolute atomic E-state index is 0.0242. The van der Waals surface area contributed by atoms with Crippen molar-refractivity contribution in [1.29, 1.82) is 0 Å². The summed E-state index contributed by atoms with van der Waals surface area (Å²) in [6, 6.07) is 6.11. The molecular formula is C27H34N2O5. The van der Waals surface area contributed by atoms with E-state index in [1.54, 1.807) is 4.90 Å². The van der Waals surface area contributed by atoms with Crippen LogP contribution in [0.4, 0.5) is 4.79 Å². The summed E-state index contributed by atoms with van der Waals surface area (Å²) >= 11 is 0. The van der Waals surface area contributed by atoms with E-state index in [0.29, 0.717) is 6.42 Å². The number of aryl methyl sites for hydroxylation is 1. The Bertz CT molecular complexity index is 978. The van der Waals surface area contributed by atoms with E-state index in [9.17, 15) is 14.4 Å². The molecule has 1 unspecified atom stereocenters. The number of ether oxygens (including phenoxy) is 2. The second-order valence-corrected chi connectivity index (χ2v) is 9.60. The van der Waals surface area contributed by atoms with Gasteiger partial charge in [-0.25, -0.2) is 4.79 Å². The molecule has 7 heteroatoms. The summed E-state index contributed by atoms with van der Waals surface area (Å²) in [6.45, 7) is 3.72. The van der Waals surface area contributed by atoms with E-state index in [0.717, 1.165) is 45.2 Å². The number of hydrogen-bond acceptors (Lipinski definition) is 5. The van der Waals surface area contributed by atoms with Gasteiger partial charge in [0, 0.05) is 31.5 Å². The first-order valence-corrected chi connectivity index (χ1v) is 12.3. The zero-order valence-corrected chi connectivity index (χ0v) is 20.1. The van der Waals surface area contributed by atoms with Crippen LogP contribution < -0.4 is 0 Å². The molecule has 5 rings (SSSR count). The lowest BCUT2D eigenvalue weighted by atomic mass is 9.82. The van der Waals surface area contributed by atoms with Gasteiger partial charge in [0.2, 0.25) is 5.91 Å². The molecule has 3 fully saturated rings. The maximum absolute atomic E-state index is 12.3. The maximum Gasteiger partial charge on any atom is 0.410 e. The first-order chi connectivity index (χ1) is 16.4. The second-order valence-electron chi connectivity index (χ2n) is 9.60. The zero-order chi connectivity index (χ0) is 24.2. The molecule has 182 valence electrons. The van der Waals surface area contributed by atoms with Crippen LogP contribution in [-0.4, -0.2) is 66.2 Å². The lowest BCUT2D eigenvalue weighted by molar-refractivity contribution is -0.155. The predicted molar refractivity (Wildman–Crippen MR) is 128 cm³/mol. The molecule has 3 aliphatic carbocycles. The van der Waals surface area contributed by atoms with Crippen molar-refractivity contribution in [3.8, 4) is 23.5 Å². The van der Waals surface area contributed by atoms with E-state index < -0.39 is 6.09 Å². The van der Waals surface area contributed by atoms with E-state index in [1.165, 1.54) is 23.8 Å². The smallest absolute Gasteiger partial charge is 0.410 e. The van der Waals surface area contributed by atoms with Crippen LogP contribution in [0.15, 0.2) is 18.2 Å². The highest BCUT2D eigenvalue weighted by atomic mass is 16.5. The molecule has 0 aromatic carbocycles. The summed E-state index contributed by atoms with van der Waals surface area (Å²) in [4.78, 5) is 40.0. The number of rotatable bonds is 4. The molecule has 2 aliphatic heterocycles. The molecule has 0 bridgehead atoms. The molecule has 4 atom stereocenters. The van der Waals surface area contributed by atoms with Crippen molar-refractivity contribution in [2.75, 3.05) is 20.2 Å². The van der Waals surface area contributed by atoms with Crippen LogP contribution >= 0.6 is 0 Å². The largest absolute Gasteiger partial charge is 0.462 e. The lowest BCUT2D eigenvalue weighted by Gasteiger charge is -2.36. The van der Waals surface area contributed by atoms with E-state index in [4.69, 9.17) is 15.9 Å². The third-order valence-corrected chi connectivity index (χ3v) is 7.55. The van der Waals surface area contributed by atoms with Crippen LogP contribution in [0.25, 0.3) is 11.1 Å². The molecular weight excluding hydrogens is 432 g/mol. The molecule has 34 heavy (non-hydrogen) atoms. The van der Waals surface area contributed by atoms with Gasteiger partial charge in [0.1, 0.15) is 6.10 Å². The molecule has 0 aromatic heterocycles. The van der Waals surface area contributed by atoms with Crippen molar-refractivity contribution in [1.82, 2.24) is 9.80 Å². The van der Waals surface area contributed by atoms with E-state index in [-0.39, 0.29) is 48.8 Å². The quantitative estimate of drug-likeness (QED) is 0.504. The van der Waals surface area contributed by atoms with Gasteiger partial charge < -0.3 is 14.4 Å². The Kier molecular flexibility index (Phi) is 7.45. The molecule has 0 N–H and O–H groups in total. The van der Waals surface area contributed by atoms with Crippen molar-refractivity contribution in [3.05, 3.63) is 23.8 Å². The van der Waals surface area contributed by atoms with Crippen LogP contribution in [0.2, 0.25) is 0 Å². The fourth-order valence-electron chi connectivity index (χ4n) is 5.67. The average Bonchev–Trinajstić information content (AvgIpc) is 3.49. The van der Waals surface area contributed by atoms with Gasteiger partial charge in [-0.2, -0.15) is 0 Å². The number of carbonyl (C=O) groups is 3. The summed E-state index contributed by atoms with van der Waals surface area (Å²) in [5.74, 6) is 2.37. The summed E-state index contributed by atoms with van der Waals surface area (Å²) < 4.78 is 10.6. The van der Waals surface area contributed by atoms with Gasteiger partial charge in [-0.3, -0.25) is 14.5 Å². The Morgan fingerprint density at radius 1 is 1.12 bits per heavy atom. The number of fused-ring (bicyclic) bond motifs is 2. The van der Waals surface area contributed by atoms with Crippen LogP contribution in [0.5, 0.6) is 0 Å². The highest BCUT2D eigenvalue weighted by Crippen LogP contribution is 2.41. The second kappa shape index (κ2) is 10.5. The first-order valence-electron chi connectivity index (χ1n) is 12.3. The van der Waals surface area contributed by atoms with Gasteiger partial charge in [-0.1, -0.05) is 24.1 Å². The van der Waals surface area contributed by atoms with Gasteiger partial charge in [-0.15, -0.1) is 6.42 Å². The topological polar surface area (TPSA) is 76.2 Å². The van der Waals surface area contributed by atoms with E-state index in [2.05, 4.69) is 31.0 Å². The SMILES string of the molecule is C#CC1C[C@H]2[C@@H](OC(=O)CCC(=O)N3CCCC3)CCC[C@H]2N1C(=O)OC.Cc1cc2ccc1-2. The number of methoxy groups -OCH3 is 1. The Morgan fingerprint density at radius 2 is 1.88 bits per heavy atom. The van der Waals surface area contributed by atoms with Crippen LogP contribution in [-0.2, 0) is 19.1 Å². The summed E-state index contributed by atoms with van der Waals surface area (Å²) in [5.41, 5.74) is 4.36. The third kappa shape index (κ3) is 4.91. The Labute approximate surface area is 201 Å². The third-order valence-electron chi connectivity index (χ3n) is 7.55. The molecule has 2 heterocycles. The van der Waals surface area contributed by atoms with Crippen molar-refractivity contribution < 1.29 is 23.9 Å². The van der Waals surface area contributed by atoms with Gasteiger partial charge in [0.15, 0.2) is 0 Å². The Balaban J connectivity index is 0.000000328. The van der Waals surface area contributed by atoms with Crippen molar-refractivity contribution in [2.45, 2.75) is 76.5 Å². The molecule has 1 saturated carbocycles. The average molecular weight is 467 g/mol. The molecule has 2 saturated heterocycles. The van der Waals surface area contributed by atoms with Crippen molar-refractivity contribution in [2.24, 2.45) is 5.92 Å². The number of likely N-dealkylation sites (tertiary alicyclic amines) is 2. The number of benzene rings is 1. The number of amides is 2. The van der Waals surface area contributed by atoms with Gasteiger partial charge in [-0.05, 0) is 62.1 Å². The maximum atomic E-state index is 12.3. The van der Waals surface area contributed by atoms with E-state index in [1.807, 2.05) is 4.90 Å². The van der Waals surface area contributed by atoms with Gasteiger partial charge >= 0.3 is 12.1 Å². The molecule has 0 spiro atoms. The minimum atomic E-state index is -0.423. The molecule has 5 aliphatic rings. The normalized spacial score (nSPS) is 26.0. The number of hydrogen-bond donors (Lipinski definition) is 0. The van der Waals surface area contributed by atoms with Crippen LogP contribution in [0, 0.1) is 25.2 Å². The van der Waals surface area contributed by atoms with Crippen molar-refractivity contribution >= 4 is 18.0 Å². The highest BCUT2D eigenvalue weighted by Gasteiger charge is 2.49. The number of esters is 1. The number of terminal acetylenes is 1. The molecule has 0 aromatic rings. The first kappa shape index (κ1) is 24.1. The van der Waals surface area contributed by atoms with Crippen molar-refractivity contribution in [3.63, 3.8) is 0 Å². The summed E-state index contributed by atoms with van der Waals surface area (Å²) in [5, 5.41) is 0. The van der Waals surface area contributed by atoms with E-state index >= 15 is 0 Å². The fraction of sp³-hybridized carbons (Fsp3) is 0.593. The Hall–Kier alpha value is -3.01. The Morgan fingerprint density at radius 3 is 2.41 bits per heavy atom. The summed E-state index contributed by atoms with van der Waals surface area (Å²) in [6.07, 6.45) is 10.4. The molecule has 0 radical (unpaired) electrons. The van der Waals surface area contributed by atoms with Crippen LogP contribution in [0.3, 0.4) is 0 Å². The predicted octanol–water partition coefficient (Wildman–Crippen LogP) is 3.92. The summed E-state index contributed by atoms with van der Waals surface area (Å²) in [7, 11) is 1.35. The highest BCUT2D eigenvalue weighted by molar-refractivity contribution is 5.81. The van der Waals surface area contributed by atoms with Crippen LogP contribution in [0.1, 0.15) is 56.9 Å². The monoisotopic (exact) mass is 466 g/mol. The lowest BCUT2D eigenvalue weighted by Crippen LogP contribution is -2.46. The zero-order valence-electron chi connectivity index (χ0n) is 20.1. The van der Waals surface area contributed by atoms with Gasteiger partial charge in [0.05, 0.1) is 19.6 Å². The number of nitrogens with zero attached hydrogens (tertiary/aromatic N) is 2. The molecule has 2 amide bonds. The van der Waals surface area contributed by atoms with Gasteiger partial charge in [0.25, 0.3) is 0 Å². The molecule has 7 nitrogen and oxygen atoms in total. The number of carbonyl (C=O) groups excluding carboxylic acids is 3. The standard InChI is InChI=1S/C20H28N2O5.C7H6/c1-3-14-13-15-16(22(14)20(25)26-2)7-6-8-17(15)27-19(24)10-9-18(23)21-11-4-5-12-21;1-5-4-6-2-3-7(5)6/h1,14-17H,4-13H2,2H3;2-4H,1H3/t14?,15-,16-,17+;/m1./s1. The minimum Gasteiger partial charge on any atom is -0.462 e.